The molecule has 0 radical (unpaired) electrons. The van der Waals surface area contributed by atoms with Crippen LogP contribution in [-0.2, 0) is 4.79 Å². The third kappa shape index (κ3) is 2.61. The Kier molecular flexibility index (Phi) is 4.20. The van der Waals surface area contributed by atoms with Gasteiger partial charge in [-0.1, -0.05) is 0 Å². The number of rotatable bonds is 2. The maximum Gasteiger partial charge on any atom is 0.225 e. The van der Waals surface area contributed by atoms with Gasteiger partial charge in [0, 0.05) is 25.0 Å². The summed E-state index contributed by atoms with van der Waals surface area (Å²) < 4.78 is 0. The Morgan fingerprint density at radius 1 is 1.36 bits per heavy atom. The van der Waals surface area contributed by atoms with Gasteiger partial charge >= 0.3 is 0 Å². The number of likely N-dealkylation sites (N-methyl/N-ethyl adjacent to an activating group) is 1. The number of hydrogen-bond donors (Lipinski definition) is 1. The maximum absolute atomic E-state index is 11.7. The lowest BCUT2D eigenvalue weighted by molar-refractivity contribution is -0.133. The first-order chi connectivity index (χ1) is 6.31. The quantitative estimate of drug-likeness (QED) is 0.751. The van der Waals surface area contributed by atoms with E-state index in [1.54, 1.807) is 0 Å². The number of nitrogens with zero attached hydrogens (tertiary/aromatic N) is 1. The molecule has 4 heteroatoms. The number of likely N-dealkylation sites (tertiary alicyclic amines) is 1. The molecule has 1 aliphatic heterocycles. The highest BCUT2D eigenvalue weighted by molar-refractivity contribution is 5.85. The lowest BCUT2D eigenvalue weighted by Gasteiger charge is -2.32. The van der Waals surface area contributed by atoms with Crippen LogP contribution in [0.1, 0.15) is 25.7 Å². The summed E-state index contributed by atoms with van der Waals surface area (Å²) in [6.45, 7) is 1.90. The van der Waals surface area contributed by atoms with E-state index in [9.17, 15) is 4.79 Å². The normalized spacial score (nSPS) is 26.9. The van der Waals surface area contributed by atoms with Crippen LogP contribution in [0.15, 0.2) is 0 Å². The number of halogens is 1. The molecule has 1 saturated heterocycles. The van der Waals surface area contributed by atoms with E-state index in [-0.39, 0.29) is 12.4 Å². The topological polar surface area (TPSA) is 32.3 Å². The number of hydrogen-bond acceptors (Lipinski definition) is 2. The molecule has 14 heavy (non-hydrogen) atoms. The van der Waals surface area contributed by atoms with E-state index in [1.807, 2.05) is 11.9 Å². The second-order valence-electron chi connectivity index (χ2n) is 4.19. The fourth-order valence-corrected chi connectivity index (χ4v) is 2.00. The molecule has 1 heterocycles. The molecule has 2 aliphatic rings. The van der Waals surface area contributed by atoms with Crippen LogP contribution < -0.4 is 5.32 Å². The van der Waals surface area contributed by atoms with Gasteiger partial charge in [0.25, 0.3) is 0 Å². The average Bonchev–Trinajstić information content (AvgIpc) is 3.00. The van der Waals surface area contributed by atoms with Crippen molar-refractivity contribution in [2.24, 2.45) is 5.92 Å². The molecule has 0 unspecified atom stereocenters. The van der Waals surface area contributed by atoms with Crippen LogP contribution >= 0.6 is 12.4 Å². The zero-order chi connectivity index (χ0) is 9.26. The van der Waals surface area contributed by atoms with Crippen molar-refractivity contribution in [3.05, 3.63) is 0 Å². The minimum atomic E-state index is 0. The summed E-state index contributed by atoms with van der Waals surface area (Å²) in [5.74, 6) is 0.788. The van der Waals surface area contributed by atoms with Crippen molar-refractivity contribution in [3.8, 4) is 0 Å². The first kappa shape index (κ1) is 11.8. The molecule has 0 aromatic heterocycles. The Hall–Kier alpha value is -0.280. The standard InChI is InChI=1S/C10H18N2O.ClH/c1-11-9-3-2-6-12(7-9)10(13)8-4-5-8;/h8-9,11H,2-7H2,1H3;1H/t9-;/m0./s1. The Morgan fingerprint density at radius 2 is 2.07 bits per heavy atom. The number of piperidine rings is 1. The van der Waals surface area contributed by atoms with E-state index in [1.165, 1.54) is 6.42 Å². The smallest absolute Gasteiger partial charge is 0.225 e. The Bertz CT molecular complexity index is 206. The SMILES string of the molecule is CN[C@H]1CCCN(C(=O)C2CC2)C1.Cl. The number of nitrogens with one attached hydrogen (secondary N) is 1. The molecule has 1 amide bonds. The monoisotopic (exact) mass is 218 g/mol. The molecule has 0 aromatic carbocycles. The van der Waals surface area contributed by atoms with Crippen LogP contribution in [0, 0.1) is 5.92 Å². The first-order valence-electron chi connectivity index (χ1n) is 5.27. The summed E-state index contributed by atoms with van der Waals surface area (Å²) in [5, 5.41) is 3.25. The molecule has 3 nitrogen and oxygen atoms in total. The lowest BCUT2D eigenvalue weighted by atomic mass is 10.1. The first-order valence-corrected chi connectivity index (χ1v) is 5.27. The minimum absolute atomic E-state index is 0. The molecular weight excluding hydrogens is 200 g/mol. The van der Waals surface area contributed by atoms with Crippen molar-refractivity contribution in [1.82, 2.24) is 10.2 Å². The Balaban J connectivity index is 0.000000980. The summed E-state index contributed by atoms with van der Waals surface area (Å²) in [5.41, 5.74) is 0. The van der Waals surface area contributed by atoms with Gasteiger partial charge in [0.15, 0.2) is 0 Å². The fourth-order valence-electron chi connectivity index (χ4n) is 2.00. The highest BCUT2D eigenvalue weighted by atomic mass is 35.5. The van der Waals surface area contributed by atoms with Crippen molar-refractivity contribution >= 4 is 18.3 Å². The summed E-state index contributed by atoms with van der Waals surface area (Å²) in [6, 6.07) is 0.524. The van der Waals surface area contributed by atoms with E-state index in [2.05, 4.69) is 5.32 Å². The van der Waals surface area contributed by atoms with Gasteiger partial charge in [-0.3, -0.25) is 4.79 Å². The molecule has 2 fully saturated rings. The molecule has 82 valence electrons. The second-order valence-corrected chi connectivity index (χ2v) is 4.19. The van der Waals surface area contributed by atoms with Crippen molar-refractivity contribution < 1.29 is 4.79 Å². The molecule has 1 aliphatic carbocycles. The van der Waals surface area contributed by atoms with Crippen molar-refractivity contribution in [1.29, 1.82) is 0 Å². The van der Waals surface area contributed by atoms with Gasteiger partial charge in [-0.15, -0.1) is 12.4 Å². The molecule has 1 saturated carbocycles. The van der Waals surface area contributed by atoms with Gasteiger partial charge < -0.3 is 10.2 Å². The predicted octanol–water partition coefficient (Wildman–Crippen LogP) is 1.03. The van der Waals surface area contributed by atoms with Crippen LogP contribution in [0.5, 0.6) is 0 Å². The fraction of sp³-hybridized carbons (Fsp3) is 0.900. The van der Waals surface area contributed by atoms with Gasteiger partial charge in [0.1, 0.15) is 0 Å². The minimum Gasteiger partial charge on any atom is -0.341 e. The Labute approximate surface area is 91.6 Å². The molecule has 2 rings (SSSR count). The summed E-state index contributed by atoms with van der Waals surface area (Å²) >= 11 is 0. The molecular formula is C10H19ClN2O. The Morgan fingerprint density at radius 3 is 2.64 bits per heavy atom. The van der Waals surface area contributed by atoms with E-state index >= 15 is 0 Å². The van der Waals surface area contributed by atoms with E-state index in [0.29, 0.717) is 17.9 Å². The second kappa shape index (κ2) is 4.99. The zero-order valence-electron chi connectivity index (χ0n) is 8.66. The zero-order valence-corrected chi connectivity index (χ0v) is 9.48. The predicted molar refractivity (Wildman–Crippen MR) is 58.6 cm³/mol. The van der Waals surface area contributed by atoms with Crippen molar-refractivity contribution in [2.45, 2.75) is 31.7 Å². The van der Waals surface area contributed by atoms with Crippen LogP contribution in [0.3, 0.4) is 0 Å². The largest absolute Gasteiger partial charge is 0.341 e. The van der Waals surface area contributed by atoms with Crippen molar-refractivity contribution in [3.63, 3.8) is 0 Å². The summed E-state index contributed by atoms with van der Waals surface area (Å²) in [7, 11) is 1.98. The van der Waals surface area contributed by atoms with Crippen molar-refractivity contribution in [2.75, 3.05) is 20.1 Å². The van der Waals surface area contributed by atoms with Gasteiger partial charge in [-0.05, 0) is 32.7 Å². The molecule has 1 atom stereocenters. The number of carbonyl (C=O) groups is 1. The molecule has 1 N–H and O–H groups in total. The van der Waals surface area contributed by atoms with Crippen LogP contribution in [0.25, 0.3) is 0 Å². The van der Waals surface area contributed by atoms with Crippen LogP contribution in [0.2, 0.25) is 0 Å². The maximum atomic E-state index is 11.7. The molecule has 0 spiro atoms. The van der Waals surface area contributed by atoms with Gasteiger partial charge in [0.05, 0.1) is 0 Å². The van der Waals surface area contributed by atoms with E-state index < -0.39 is 0 Å². The van der Waals surface area contributed by atoms with Gasteiger partial charge in [-0.25, -0.2) is 0 Å². The summed E-state index contributed by atoms with van der Waals surface area (Å²) in [4.78, 5) is 13.8. The molecule has 0 aromatic rings. The molecule has 0 bridgehead atoms. The van der Waals surface area contributed by atoms with Gasteiger partial charge in [0.2, 0.25) is 5.91 Å². The third-order valence-electron chi connectivity index (χ3n) is 3.07. The van der Waals surface area contributed by atoms with Crippen LogP contribution in [0.4, 0.5) is 0 Å². The number of amides is 1. The lowest BCUT2D eigenvalue weighted by Crippen LogP contribution is -2.47. The highest BCUT2D eigenvalue weighted by Crippen LogP contribution is 2.31. The van der Waals surface area contributed by atoms with Crippen LogP contribution in [-0.4, -0.2) is 37.0 Å². The van der Waals surface area contributed by atoms with Gasteiger partial charge in [-0.2, -0.15) is 0 Å². The number of carbonyl (C=O) groups excluding carboxylic acids is 1. The average molecular weight is 219 g/mol. The van der Waals surface area contributed by atoms with E-state index in [4.69, 9.17) is 0 Å². The highest BCUT2D eigenvalue weighted by Gasteiger charge is 2.34. The summed E-state index contributed by atoms with van der Waals surface area (Å²) in [6.07, 6.45) is 4.62. The third-order valence-corrected chi connectivity index (χ3v) is 3.07. The van der Waals surface area contributed by atoms with E-state index in [0.717, 1.165) is 32.4 Å².